The van der Waals surface area contributed by atoms with Crippen LogP contribution in [0.4, 0.5) is 0 Å². The molecule has 1 aromatic rings. The van der Waals surface area contributed by atoms with Crippen molar-refractivity contribution in [2.45, 2.75) is 51.0 Å². The van der Waals surface area contributed by atoms with Crippen LogP contribution in [0, 0.1) is 5.92 Å². The topological polar surface area (TPSA) is 24.1 Å². The molecule has 1 saturated heterocycles. The van der Waals surface area contributed by atoms with E-state index < -0.39 is 0 Å². The second kappa shape index (κ2) is 9.45. The first kappa shape index (κ1) is 16.8. The lowest BCUT2D eigenvalue weighted by Crippen LogP contribution is -2.28. The van der Waals surface area contributed by atoms with Gasteiger partial charge in [-0.25, -0.2) is 0 Å². The highest BCUT2D eigenvalue weighted by Gasteiger charge is 2.13. The average molecular weight is 309 g/mol. The van der Waals surface area contributed by atoms with Crippen molar-refractivity contribution in [1.29, 1.82) is 0 Å². The lowest BCUT2D eigenvalue weighted by molar-refractivity contribution is 0.372. The van der Waals surface area contributed by atoms with Crippen molar-refractivity contribution < 1.29 is 0 Å². The largest absolute Gasteiger partial charge is 0.317 e. The van der Waals surface area contributed by atoms with Crippen molar-refractivity contribution in [3.63, 3.8) is 0 Å². The quantitative estimate of drug-likeness (QED) is 0.881. The molecule has 1 aliphatic carbocycles. The number of halogens is 1. The number of benzene rings is 1. The summed E-state index contributed by atoms with van der Waals surface area (Å²) in [7, 11) is 2.05. The second-order valence-corrected chi connectivity index (χ2v) is 6.73. The van der Waals surface area contributed by atoms with Crippen molar-refractivity contribution in [1.82, 2.24) is 10.6 Å². The Morgan fingerprint density at radius 1 is 1.05 bits per heavy atom. The predicted molar refractivity (Wildman–Crippen MR) is 92.1 cm³/mol. The van der Waals surface area contributed by atoms with Crippen LogP contribution >= 0.6 is 11.6 Å². The van der Waals surface area contributed by atoms with Crippen molar-refractivity contribution in [2.24, 2.45) is 5.92 Å². The minimum absolute atomic E-state index is 0.832. The van der Waals surface area contributed by atoms with Gasteiger partial charge in [0.15, 0.2) is 0 Å². The molecular formula is C18H29ClN2. The van der Waals surface area contributed by atoms with E-state index in [1.807, 2.05) is 12.1 Å². The number of rotatable bonds is 3. The molecule has 0 spiro atoms. The minimum atomic E-state index is 0.832. The normalized spacial score (nSPS) is 20.1. The van der Waals surface area contributed by atoms with Gasteiger partial charge >= 0.3 is 0 Å². The van der Waals surface area contributed by atoms with Gasteiger partial charge in [0.05, 0.1) is 0 Å². The van der Waals surface area contributed by atoms with Gasteiger partial charge in [-0.05, 0) is 75.9 Å². The van der Waals surface area contributed by atoms with Crippen molar-refractivity contribution in [3.05, 3.63) is 34.9 Å². The fourth-order valence-corrected chi connectivity index (χ4v) is 3.38. The Balaban J connectivity index is 0.000000194. The standard InChI is InChI=1S/C12H16ClN.C6H13N/c13-12-3-1-10(2-4-12)9-11-5-7-14-8-6-11;1-7-6-4-2-3-5-6/h1-4,11,14H,5-9H2;6-7H,2-5H2,1H3. The molecule has 1 saturated carbocycles. The van der Waals surface area contributed by atoms with Gasteiger partial charge in [-0.2, -0.15) is 0 Å². The van der Waals surface area contributed by atoms with Gasteiger partial charge in [-0.3, -0.25) is 0 Å². The molecule has 0 bridgehead atoms. The molecule has 0 aromatic heterocycles. The van der Waals surface area contributed by atoms with Crippen LogP contribution in [0.25, 0.3) is 0 Å². The van der Waals surface area contributed by atoms with E-state index in [0.717, 1.165) is 17.0 Å². The van der Waals surface area contributed by atoms with E-state index in [9.17, 15) is 0 Å². The van der Waals surface area contributed by atoms with Crippen LogP contribution in [0.1, 0.15) is 44.1 Å². The van der Waals surface area contributed by atoms with E-state index in [4.69, 9.17) is 11.6 Å². The Kier molecular flexibility index (Phi) is 7.56. The molecule has 2 fully saturated rings. The van der Waals surface area contributed by atoms with Crippen LogP contribution in [0.15, 0.2) is 24.3 Å². The lowest BCUT2D eigenvalue weighted by Gasteiger charge is -2.22. The van der Waals surface area contributed by atoms with Gasteiger partial charge in [0.2, 0.25) is 0 Å². The molecule has 118 valence electrons. The second-order valence-electron chi connectivity index (χ2n) is 6.29. The highest BCUT2D eigenvalue weighted by atomic mass is 35.5. The molecule has 21 heavy (non-hydrogen) atoms. The number of nitrogens with one attached hydrogen (secondary N) is 2. The van der Waals surface area contributed by atoms with Crippen LogP contribution in [0.3, 0.4) is 0 Å². The summed E-state index contributed by atoms with van der Waals surface area (Å²) < 4.78 is 0. The van der Waals surface area contributed by atoms with E-state index in [1.165, 1.54) is 63.6 Å². The fourth-order valence-electron chi connectivity index (χ4n) is 3.25. The van der Waals surface area contributed by atoms with Gasteiger partial charge in [0.25, 0.3) is 0 Å². The molecule has 2 nitrogen and oxygen atoms in total. The maximum atomic E-state index is 5.84. The molecule has 3 rings (SSSR count). The van der Waals surface area contributed by atoms with Crippen LogP contribution < -0.4 is 10.6 Å². The molecule has 1 aliphatic heterocycles. The van der Waals surface area contributed by atoms with Crippen LogP contribution in [-0.2, 0) is 6.42 Å². The third-order valence-electron chi connectivity index (χ3n) is 4.66. The third kappa shape index (κ3) is 6.37. The summed E-state index contributed by atoms with van der Waals surface area (Å²) in [5, 5.41) is 7.48. The molecular weight excluding hydrogens is 280 g/mol. The first-order chi connectivity index (χ1) is 10.3. The van der Waals surface area contributed by atoms with Crippen molar-refractivity contribution >= 4 is 11.6 Å². The first-order valence-electron chi connectivity index (χ1n) is 8.40. The summed E-state index contributed by atoms with van der Waals surface area (Å²) in [5.41, 5.74) is 1.42. The van der Waals surface area contributed by atoms with E-state index in [2.05, 4.69) is 29.8 Å². The van der Waals surface area contributed by atoms with E-state index >= 15 is 0 Å². The molecule has 0 radical (unpaired) electrons. The van der Waals surface area contributed by atoms with Crippen LogP contribution in [0.5, 0.6) is 0 Å². The molecule has 1 heterocycles. The van der Waals surface area contributed by atoms with Gasteiger partial charge in [0.1, 0.15) is 0 Å². The smallest absolute Gasteiger partial charge is 0.0406 e. The molecule has 1 aromatic carbocycles. The van der Waals surface area contributed by atoms with Crippen LogP contribution in [-0.4, -0.2) is 26.2 Å². The molecule has 0 amide bonds. The zero-order chi connectivity index (χ0) is 14.9. The van der Waals surface area contributed by atoms with Gasteiger partial charge in [-0.1, -0.05) is 36.6 Å². The SMILES string of the molecule is CNC1CCCC1.Clc1ccc(CC2CCNCC2)cc1. The molecule has 0 atom stereocenters. The maximum Gasteiger partial charge on any atom is 0.0406 e. The average Bonchev–Trinajstić information content (AvgIpc) is 3.05. The monoisotopic (exact) mass is 308 g/mol. The summed E-state index contributed by atoms with van der Waals surface area (Å²) >= 11 is 5.84. The predicted octanol–water partition coefficient (Wildman–Crippen LogP) is 4.03. The Labute approximate surface area is 134 Å². The molecule has 0 unspecified atom stereocenters. The zero-order valence-corrected chi connectivity index (χ0v) is 14.0. The summed E-state index contributed by atoms with van der Waals surface area (Å²) in [6.45, 7) is 2.36. The third-order valence-corrected chi connectivity index (χ3v) is 4.91. The van der Waals surface area contributed by atoms with E-state index in [-0.39, 0.29) is 0 Å². The molecule has 3 heteroatoms. The summed E-state index contributed by atoms with van der Waals surface area (Å²) in [6.07, 6.45) is 9.49. The number of hydrogen-bond acceptors (Lipinski definition) is 2. The van der Waals surface area contributed by atoms with Crippen LogP contribution in [0.2, 0.25) is 5.02 Å². The first-order valence-corrected chi connectivity index (χ1v) is 8.78. The maximum absolute atomic E-state index is 5.84. The summed E-state index contributed by atoms with van der Waals surface area (Å²) in [6, 6.07) is 9.10. The van der Waals surface area contributed by atoms with E-state index in [0.29, 0.717) is 0 Å². The Bertz CT molecular complexity index is 379. The van der Waals surface area contributed by atoms with Crippen molar-refractivity contribution in [3.8, 4) is 0 Å². The van der Waals surface area contributed by atoms with Gasteiger partial charge in [0, 0.05) is 11.1 Å². The highest BCUT2D eigenvalue weighted by Crippen LogP contribution is 2.19. The number of hydrogen-bond donors (Lipinski definition) is 2. The summed E-state index contributed by atoms with van der Waals surface area (Å²) in [4.78, 5) is 0. The zero-order valence-electron chi connectivity index (χ0n) is 13.2. The Morgan fingerprint density at radius 3 is 2.19 bits per heavy atom. The van der Waals surface area contributed by atoms with E-state index in [1.54, 1.807) is 0 Å². The van der Waals surface area contributed by atoms with Gasteiger partial charge in [-0.15, -0.1) is 0 Å². The molecule has 2 N–H and O–H groups in total. The molecule has 2 aliphatic rings. The fraction of sp³-hybridized carbons (Fsp3) is 0.667. The highest BCUT2D eigenvalue weighted by molar-refractivity contribution is 6.30. The minimum Gasteiger partial charge on any atom is -0.317 e. The number of piperidine rings is 1. The summed E-state index contributed by atoms with van der Waals surface area (Å²) in [5.74, 6) is 0.859. The Hall–Kier alpha value is -0.570. The van der Waals surface area contributed by atoms with Gasteiger partial charge < -0.3 is 10.6 Å². The lowest BCUT2D eigenvalue weighted by atomic mass is 9.91. The Morgan fingerprint density at radius 2 is 1.67 bits per heavy atom. The van der Waals surface area contributed by atoms with Crippen molar-refractivity contribution in [2.75, 3.05) is 20.1 Å².